The molecule has 31 heavy (non-hydrogen) atoms. The van der Waals surface area contributed by atoms with Gasteiger partial charge in [0.15, 0.2) is 5.69 Å². The molecule has 5 nitrogen and oxygen atoms in total. The number of piperazine rings is 1. The molecule has 0 spiro atoms. The molecule has 2 heterocycles. The van der Waals surface area contributed by atoms with Crippen molar-refractivity contribution in [1.82, 2.24) is 14.8 Å². The van der Waals surface area contributed by atoms with Crippen molar-refractivity contribution in [2.24, 2.45) is 0 Å². The predicted molar refractivity (Wildman–Crippen MR) is 122 cm³/mol. The first-order valence-electron chi connectivity index (χ1n) is 10.7. The lowest BCUT2D eigenvalue weighted by atomic mass is 10.0. The minimum absolute atomic E-state index is 0.0479. The van der Waals surface area contributed by atoms with Crippen LogP contribution >= 0.6 is 0 Å². The molecule has 1 amide bonds. The third kappa shape index (κ3) is 3.97. The zero-order valence-electron chi connectivity index (χ0n) is 17.6. The van der Waals surface area contributed by atoms with Gasteiger partial charge in [-0.2, -0.15) is 0 Å². The van der Waals surface area contributed by atoms with Gasteiger partial charge in [0.05, 0.1) is 0 Å². The highest BCUT2D eigenvalue weighted by Crippen LogP contribution is 2.24. The summed E-state index contributed by atoms with van der Waals surface area (Å²) in [4.78, 5) is 21.9. The standard InChI is InChI=1S/C26H25N3O2/c1-19-24(27-25(31-19)21-9-3-2-4-10-21)26(30)29-16-14-28(15-17-29)18-22-12-7-11-20-8-5-6-13-23(20)22/h2-13H,14-18H2,1H3. The zero-order chi connectivity index (χ0) is 21.2. The minimum Gasteiger partial charge on any atom is -0.441 e. The van der Waals surface area contributed by atoms with Gasteiger partial charge in [0.25, 0.3) is 5.91 Å². The number of rotatable bonds is 4. The van der Waals surface area contributed by atoms with E-state index in [4.69, 9.17) is 4.42 Å². The normalized spacial score (nSPS) is 14.8. The summed E-state index contributed by atoms with van der Waals surface area (Å²) >= 11 is 0. The Hall–Kier alpha value is -3.44. The van der Waals surface area contributed by atoms with Crippen LogP contribution in [-0.4, -0.2) is 46.9 Å². The van der Waals surface area contributed by atoms with E-state index in [1.807, 2.05) is 42.2 Å². The van der Waals surface area contributed by atoms with Crippen LogP contribution in [0.25, 0.3) is 22.2 Å². The van der Waals surface area contributed by atoms with E-state index < -0.39 is 0 Å². The topological polar surface area (TPSA) is 49.6 Å². The molecule has 3 aromatic carbocycles. The summed E-state index contributed by atoms with van der Waals surface area (Å²) in [7, 11) is 0. The zero-order valence-corrected chi connectivity index (χ0v) is 17.6. The maximum absolute atomic E-state index is 13.1. The van der Waals surface area contributed by atoms with Crippen LogP contribution in [0.2, 0.25) is 0 Å². The Bertz CT molecular complexity index is 1200. The number of carbonyl (C=O) groups is 1. The van der Waals surface area contributed by atoms with E-state index in [0.29, 0.717) is 30.4 Å². The van der Waals surface area contributed by atoms with Crippen LogP contribution in [-0.2, 0) is 6.54 Å². The van der Waals surface area contributed by atoms with Gasteiger partial charge in [0.1, 0.15) is 5.76 Å². The first-order chi connectivity index (χ1) is 15.2. The molecule has 0 radical (unpaired) electrons. The Kier molecular flexibility index (Phi) is 5.26. The summed E-state index contributed by atoms with van der Waals surface area (Å²) < 4.78 is 5.78. The number of hydrogen-bond acceptors (Lipinski definition) is 4. The SMILES string of the molecule is Cc1oc(-c2ccccc2)nc1C(=O)N1CCN(Cc2cccc3ccccc23)CC1. The number of oxazole rings is 1. The molecule has 1 fully saturated rings. The summed E-state index contributed by atoms with van der Waals surface area (Å²) in [5.74, 6) is 1.02. The fourth-order valence-corrected chi connectivity index (χ4v) is 4.23. The maximum atomic E-state index is 13.1. The Morgan fingerprint density at radius 2 is 1.61 bits per heavy atom. The van der Waals surface area contributed by atoms with Gasteiger partial charge in [-0.1, -0.05) is 60.7 Å². The van der Waals surface area contributed by atoms with Crippen molar-refractivity contribution < 1.29 is 9.21 Å². The number of hydrogen-bond donors (Lipinski definition) is 0. The van der Waals surface area contributed by atoms with Crippen LogP contribution in [0.1, 0.15) is 21.8 Å². The fraction of sp³-hybridized carbons (Fsp3) is 0.231. The molecule has 1 saturated heterocycles. The molecule has 1 aliphatic rings. The molecular formula is C26H25N3O2. The molecular weight excluding hydrogens is 386 g/mol. The number of aromatic nitrogens is 1. The highest BCUT2D eigenvalue weighted by atomic mass is 16.4. The molecule has 0 N–H and O–H groups in total. The summed E-state index contributed by atoms with van der Waals surface area (Å²) in [5, 5.41) is 2.57. The second-order valence-corrected chi connectivity index (χ2v) is 8.00. The Morgan fingerprint density at radius 3 is 2.42 bits per heavy atom. The van der Waals surface area contributed by atoms with E-state index in [2.05, 4.69) is 52.3 Å². The van der Waals surface area contributed by atoms with Crippen LogP contribution in [0.5, 0.6) is 0 Å². The van der Waals surface area contributed by atoms with E-state index in [-0.39, 0.29) is 5.91 Å². The predicted octanol–water partition coefficient (Wildman–Crippen LogP) is 4.76. The van der Waals surface area contributed by atoms with E-state index in [0.717, 1.165) is 25.2 Å². The minimum atomic E-state index is -0.0479. The largest absolute Gasteiger partial charge is 0.441 e. The van der Waals surface area contributed by atoms with Crippen molar-refractivity contribution in [3.05, 3.63) is 89.8 Å². The van der Waals surface area contributed by atoms with Crippen LogP contribution < -0.4 is 0 Å². The second-order valence-electron chi connectivity index (χ2n) is 8.00. The molecule has 0 bridgehead atoms. The van der Waals surface area contributed by atoms with Gasteiger partial charge in [-0.15, -0.1) is 0 Å². The van der Waals surface area contributed by atoms with Crippen molar-refractivity contribution in [2.45, 2.75) is 13.5 Å². The number of amides is 1. The summed E-state index contributed by atoms with van der Waals surface area (Å²) in [6.07, 6.45) is 0. The van der Waals surface area contributed by atoms with Crippen molar-refractivity contribution in [2.75, 3.05) is 26.2 Å². The van der Waals surface area contributed by atoms with Crippen LogP contribution in [0, 0.1) is 6.92 Å². The Balaban J connectivity index is 1.25. The molecule has 0 saturated carbocycles. The van der Waals surface area contributed by atoms with Gasteiger partial charge in [-0.25, -0.2) is 4.98 Å². The highest BCUT2D eigenvalue weighted by molar-refractivity contribution is 5.93. The van der Waals surface area contributed by atoms with Crippen LogP contribution in [0.3, 0.4) is 0 Å². The lowest BCUT2D eigenvalue weighted by Crippen LogP contribution is -2.48. The number of fused-ring (bicyclic) bond motifs is 1. The Morgan fingerprint density at radius 1 is 0.903 bits per heavy atom. The van der Waals surface area contributed by atoms with Crippen LogP contribution in [0.15, 0.2) is 77.2 Å². The molecule has 0 atom stereocenters. The molecule has 5 heteroatoms. The highest BCUT2D eigenvalue weighted by Gasteiger charge is 2.27. The first kappa shape index (κ1) is 19.5. The van der Waals surface area contributed by atoms with E-state index >= 15 is 0 Å². The van der Waals surface area contributed by atoms with Crippen LogP contribution in [0.4, 0.5) is 0 Å². The molecule has 1 aliphatic heterocycles. The smallest absolute Gasteiger partial charge is 0.276 e. The van der Waals surface area contributed by atoms with E-state index in [1.54, 1.807) is 0 Å². The molecule has 0 aliphatic carbocycles. The van der Waals surface area contributed by atoms with Crippen molar-refractivity contribution in [3.8, 4) is 11.5 Å². The van der Waals surface area contributed by atoms with Gasteiger partial charge in [0.2, 0.25) is 5.89 Å². The Labute approximate surface area is 181 Å². The maximum Gasteiger partial charge on any atom is 0.276 e. The third-order valence-electron chi connectivity index (χ3n) is 5.95. The quantitative estimate of drug-likeness (QED) is 0.486. The molecule has 5 rings (SSSR count). The molecule has 4 aromatic rings. The lowest BCUT2D eigenvalue weighted by molar-refractivity contribution is 0.0622. The van der Waals surface area contributed by atoms with Gasteiger partial charge in [-0.05, 0) is 35.4 Å². The van der Waals surface area contributed by atoms with E-state index in [9.17, 15) is 4.79 Å². The summed E-state index contributed by atoms with van der Waals surface area (Å²) in [6, 6.07) is 24.7. The van der Waals surface area contributed by atoms with Crippen molar-refractivity contribution in [1.29, 1.82) is 0 Å². The van der Waals surface area contributed by atoms with Gasteiger partial charge >= 0.3 is 0 Å². The van der Waals surface area contributed by atoms with Crippen molar-refractivity contribution in [3.63, 3.8) is 0 Å². The number of nitrogens with zero attached hydrogens (tertiary/aromatic N) is 3. The average molecular weight is 412 g/mol. The number of aryl methyl sites for hydroxylation is 1. The number of benzene rings is 3. The lowest BCUT2D eigenvalue weighted by Gasteiger charge is -2.34. The summed E-state index contributed by atoms with van der Waals surface area (Å²) in [5.41, 5.74) is 2.63. The van der Waals surface area contributed by atoms with Gasteiger partial charge < -0.3 is 9.32 Å². The molecule has 156 valence electrons. The third-order valence-corrected chi connectivity index (χ3v) is 5.95. The fourth-order valence-electron chi connectivity index (χ4n) is 4.23. The van der Waals surface area contributed by atoms with Gasteiger partial charge in [-0.3, -0.25) is 9.69 Å². The second kappa shape index (κ2) is 8.36. The molecule has 1 aromatic heterocycles. The first-order valence-corrected chi connectivity index (χ1v) is 10.7. The average Bonchev–Trinajstić information content (AvgIpc) is 3.21. The van der Waals surface area contributed by atoms with E-state index in [1.165, 1.54) is 16.3 Å². The van der Waals surface area contributed by atoms with Gasteiger partial charge in [0, 0.05) is 38.3 Å². The number of carbonyl (C=O) groups excluding carboxylic acids is 1. The summed E-state index contributed by atoms with van der Waals surface area (Å²) in [6.45, 7) is 5.77. The van der Waals surface area contributed by atoms with Crippen molar-refractivity contribution >= 4 is 16.7 Å². The monoisotopic (exact) mass is 411 g/mol. The molecule has 0 unspecified atom stereocenters.